The van der Waals surface area contributed by atoms with Gasteiger partial charge in [0.05, 0.1) is 25.3 Å². The van der Waals surface area contributed by atoms with Crippen molar-refractivity contribution < 1.29 is 19.1 Å². The molecule has 2 aromatic heterocycles. The molecule has 0 unspecified atom stereocenters. The summed E-state index contributed by atoms with van der Waals surface area (Å²) in [6.45, 7) is 0.672. The maximum Gasteiger partial charge on any atom is 0.337 e. The Morgan fingerprint density at radius 3 is 2.10 bits per heavy atom. The molecule has 0 N–H and O–H groups in total. The van der Waals surface area contributed by atoms with Gasteiger partial charge in [-0.3, -0.25) is 9.36 Å². The minimum Gasteiger partial charge on any atom is -0.497 e. The number of esters is 1. The van der Waals surface area contributed by atoms with Gasteiger partial charge in [0.25, 0.3) is 5.91 Å². The minimum atomic E-state index is -0.342. The highest BCUT2D eigenvalue weighted by Gasteiger charge is 2.14. The van der Waals surface area contributed by atoms with E-state index in [2.05, 4.69) is 47.2 Å². The van der Waals surface area contributed by atoms with E-state index in [9.17, 15) is 9.59 Å². The highest BCUT2D eigenvalue weighted by atomic mass is 16.5. The molecular weight excluding hydrogens is 488 g/mol. The van der Waals surface area contributed by atoms with Crippen molar-refractivity contribution in [1.29, 1.82) is 0 Å². The first kappa shape index (κ1) is 24.2. The molecule has 6 rings (SSSR count). The lowest BCUT2D eigenvalue weighted by molar-refractivity contribution is 0.0600. The van der Waals surface area contributed by atoms with Gasteiger partial charge >= 0.3 is 5.97 Å². The van der Waals surface area contributed by atoms with Crippen LogP contribution in [0.25, 0.3) is 32.9 Å². The van der Waals surface area contributed by atoms with Crippen LogP contribution in [0.3, 0.4) is 0 Å². The number of ether oxygens (including phenoxy) is 2. The Hall–Kier alpha value is -5.10. The highest BCUT2D eigenvalue weighted by Crippen LogP contribution is 2.29. The number of benzene rings is 4. The van der Waals surface area contributed by atoms with E-state index in [0.29, 0.717) is 23.4 Å². The minimum absolute atomic E-state index is 0.108. The number of methoxy groups -OCH3 is 2. The smallest absolute Gasteiger partial charge is 0.337 e. The Morgan fingerprint density at radius 2 is 1.38 bits per heavy atom. The third kappa shape index (κ3) is 4.57. The van der Waals surface area contributed by atoms with Gasteiger partial charge in [-0.2, -0.15) is 0 Å². The molecule has 6 aromatic rings. The molecule has 39 heavy (non-hydrogen) atoms. The number of fused-ring (bicyclic) bond motifs is 2. The number of rotatable bonds is 6. The van der Waals surface area contributed by atoms with Crippen molar-refractivity contribution >= 4 is 33.7 Å². The fourth-order valence-electron chi connectivity index (χ4n) is 4.94. The van der Waals surface area contributed by atoms with E-state index >= 15 is 0 Å². The maximum atomic E-state index is 13.3. The van der Waals surface area contributed by atoms with Gasteiger partial charge in [0, 0.05) is 35.4 Å². The molecule has 0 atom stereocenters. The average molecular weight is 515 g/mol. The van der Waals surface area contributed by atoms with Crippen LogP contribution < -0.4 is 4.74 Å². The van der Waals surface area contributed by atoms with Gasteiger partial charge in [0.2, 0.25) is 0 Å². The maximum absolute atomic E-state index is 13.3. The molecule has 4 aromatic carbocycles. The zero-order valence-corrected chi connectivity index (χ0v) is 21.6. The van der Waals surface area contributed by atoms with Crippen LogP contribution in [-0.2, 0) is 11.3 Å². The third-order valence-corrected chi connectivity index (χ3v) is 7.06. The summed E-state index contributed by atoms with van der Waals surface area (Å²) < 4.78 is 14.0. The highest BCUT2D eigenvalue weighted by molar-refractivity contribution is 6.03. The van der Waals surface area contributed by atoms with Gasteiger partial charge in [-0.05, 0) is 76.7 Å². The van der Waals surface area contributed by atoms with Crippen molar-refractivity contribution in [2.75, 3.05) is 14.2 Å². The molecule has 0 aliphatic carbocycles. The SMILES string of the molecule is COC(=O)c1ccc(Cn2ccc3ccc(-c4ccc5ccn(C(=O)c6cccc(OC)c6)c5c4)cc32)cc1. The standard InChI is InChI=1S/C33H26N2O4/c1-38-29-5-3-4-28(18-29)32(36)35-17-15-24-11-13-27(20-31(24)35)26-12-10-23-14-16-34(30(23)19-26)21-22-6-8-25(9-7-22)33(37)39-2/h3-20H,21H2,1-2H3. The van der Waals surface area contributed by atoms with E-state index in [0.717, 1.165) is 38.5 Å². The Bertz CT molecular complexity index is 1840. The first-order valence-corrected chi connectivity index (χ1v) is 12.6. The molecule has 0 radical (unpaired) electrons. The lowest BCUT2D eigenvalue weighted by Crippen LogP contribution is -2.10. The molecule has 192 valence electrons. The first-order chi connectivity index (χ1) is 19.0. The zero-order chi connectivity index (χ0) is 26.9. The van der Waals surface area contributed by atoms with Gasteiger partial charge < -0.3 is 14.0 Å². The van der Waals surface area contributed by atoms with Gasteiger partial charge in [-0.1, -0.05) is 42.5 Å². The van der Waals surface area contributed by atoms with Crippen molar-refractivity contribution in [3.8, 4) is 16.9 Å². The Kier molecular flexibility index (Phi) is 6.21. The van der Waals surface area contributed by atoms with Crippen molar-refractivity contribution in [3.05, 3.63) is 126 Å². The molecule has 0 amide bonds. The van der Waals surface area contributed by atoms with Gasteiger partial charge in [0.1, 0.15) is 5.75 Å². The number of hydrogen-bond acceptors (Lipinski definition) is 4. The Balaban J connectivity index is 1.33. The van der Waals surface area contributed by atoms with Gasteiger partial charge in [-0.15, -0.1) is 0 Å². The third-order valence-electron chi connectivity index (χ3n) is 7.06. The molecule has 0 aliphatic heterocycles. The second-order valence-electron chi connectivity index (χ2n) is 9.40. The van der Waals surface area contributed by atoms with Crippen molar-refractivity contribution in [2.24, 2.45) is 0 Å². The molecule has 6 nitrogen and oxygen atoms in total. The summed E-state index contributed by atoms with van der Waals surface area (Å²) in [6.07, 6.45) is 3.89. The fraction of sp³-hybridized carbons (Fsp3) is 0.0909. The summed E-state index contributed by atoms with van der Waals surface area (Å²) in [6, 6.07) is 31.3. The fourth-order valence-corrected chi connectivity index (χ4v) is 4.94. The average Bonchev–Trinajstić information content (AvgIpc) is 3.60. The van der Waals surface area contributed by atoms with Gasteiger partial charge in [0.15, 0.2) is 0 Å². The molecule has 0 saturated heterocycles. The van der Waals surface area contributed by atoms with Crippen LogP contribution in [0.2, 0.25) is 0 Å². The number of nitrogens with zero attached hydrogens (tertiary/aromatic N) is 2. The summed E-state index contributed by atoms with van der Waals surface area (Å²) >= 11 is 0. The number of hydrogen-bond donors (Lipinski definition) is 0. The van der Waals surface area contributed by atoms with E-state index in [1.165, 1.54) is 7.11 Å². The molecule has 0 saturated carbocycles. The normalized spacial score (nSPS) is 11.1. The van der Waals surface area contributed by atoms with Crippen LogP contribution in [-0.4, -0.2) is 35.2 Å². The van der Waals surface area contributed by atoms with Crippen LogP contribution >= 0.6 is 0 Å². The lowest BCUT2D eigenvalue weighted by atomic mass is 10.0. The largest absolute Gasteiger partial charge is 0.497 e. The molecule has 0 aliphatic rings. The quantitative estimate of drug-likeness (QED) is 0.230. The van der Waals surface area contributed by atoms with Crippen LogP contribution in [0, 0.1) is 0 Å². The molecule has 0 spiro atoms. The number of aromatic nitrogens is 2. The zero-order valence-electron chi connectivity index (χ0n) is 21.6. The second-order valence-corrected chi connectivity index (χ2v) is 9.40. The van der Waals surface area contributed by atoms with E-state index in [-0.39, 0.29) is 11.9 Å². The van der Waals surface area contributed by atoms with Crippen molar-refractivity contribution in [2.45, 2.75) is 6.54 Å². The number of carbonyl (C=O) groups is 2. The molecule has 6 heteroatoms. The summed E-state index contributed by atoms with van der Waals surface area (Å²) in [5.41, 5.74) is 6.22. The monoisotopic (exact) mass is 514 g/mol. The predicted octanol–water partition coefficient (Wildman–Crippen LogP) is 6.80. The molecular formula is C33H26N2O4. The number of carbonyl (C=O) groups excluding carboxylic acids is 2. The second kappa shape index (κ2) is 9.99. The summed E-state index contributed by atoms with van der Waals surface area (Å²) in [5.74, 6) is 0.197. The summed E-state index contributed by atoms with van der Waals surface area (Å²) in [4.78, 5) is 25.1. The predicted molar refractivity (Wildman–Crippen MR) is 152 cm³/mol. The van der Waals surface area contributed by atoms with Crippen molar-refractivity contribution in [3.63, 3.8) is 0 Å². The van der Waals surface area contributed by atoms with Gasteiger partial charge in [-0.25, -0.2) is 4.79 Å². The van der Waals surface area contributed by atoms with Crippen LogP contribution in [0.5, 0.6) is 5.75 Å². The Morgan fingerprint density at radius 1 is 0.692 bits per heavy atom. The molecule has 0 fully saturated rings. The summed E-state index contributed by atoms with van der Waals surface area (Å²) in [7, 11) is 2.97. The van der Waals surface area contributed by atoms with Crippen LogP contribution in [0.15, 0.2) is 109 Å². The summed E-state index contributed by atoms with van der Waals surface area (Å²) in [5, 5.41) is 2.14. The topological polar surface area (TPSA) is 62.5 Å². The van der Waals surface area contributed by atoms with E-state index in [1.54, 1.807) is 35.9 Å². The molecule has 2 heterocycles. The Labute approximate surface area is 225 Å². The van der Waals surface area contributed by atoms with E-state index < -0.39 is 0 Å². The lowest BCUT2D eigenvalue weighted by Gasteiger charge is -2.10. The van der Waals surface area contributed by atoms with E-state index in [1.807, 2.05) is 42.6 Å². The van der Waals surface area contributed by atoms with Crippen LogP contribution in [0.4, 0.5) is 0 Å². The first-order valence-electron chi connectivity index (χ1n) is 12.6. The molecule has 0 bridgehead atoms. The van der Waals surface area contributed by atoms with E-state index in [4.69, 9.17) is 9.47 Å². The van der Waals surface area contributed by atoms with Crippen molar-refractivity contribution in [1.82, 2.24) is 9.13 Å². The van der Waals surface area contributed by atoms with Crippen LogP contribution in [0.1, 0.15) is 26.3 Å².